The predicted octanol–water partition coefficient (Wildman–Crippen LogP) is 3.17. The van der Waals surface area contributed by atoms with E-state index in [1.807, 2.05) is 25.1 Å². The number of aromatic hydroxyl groups is 1. The molecule has 3 aromatic rings. The van der Waals surface area contributed by atoms with Crippen molar-refractivity contribution in [3.05, 3.63) is 77.7 Å². The van der Waals surface area contributed by atoms with Crippen LogP contribution >= 0.6 is 0 Å². The molecule has 0 aliphatic rings. The molecule has 0 radical (unpaired) electrons. The number of pyridine rings is 2. The minimum atomic E-state index is -0.195. The maximum Gasteiger partial charge on any atom is 0.255 e. The third-order valence-electron chi connectivity index (χ3n) is 4.28. The Labute approximate surface area is 169 Å². The maximum atomic E-state index is 12.6. The second-order valence-corrected chi connectivity index (χ2v) is 6.35. The van der Waals surface area contributed by atoms with Gasteiger partial charge in [-0.3, -0.25) is 9.78 Å². The fourth-order valence-electron chi connectivity index (χ4n) is 2.82. The molecule has 1 amide bonds. The van der Waals surface area contributed by atoms with Gasteiger partial charge in [0.05, 0.1) is 12.2 Å². The van der Waals surface area contributed by atoms with Gasteiger partial charge >= 0.3 is 0 Å². The van der Waals surface area contributed by atoms with Gasteiger partial charge in [-0.1, -0.05) is 6.07 Å². The van der Waals surface area contributed by atoms with Crippen LogP contribution in [0.2, 0.25) is 0 Å². The first-order chi connectivity index (χ1) is 14.2. The zero-order valence-corrected chi connectivity index (χ0v) is 16.3. The van der Waals surface area contributed by atoms with Crippen molar-refractivity contribution in [2.45, 2.75) is 19.9 Å². The highest BCUT2D eigenvalue weighted by Crippen LogP contribution is 2.26. The number of ether oxygens (including phenoxy) is 1. The summed E-state index contributed by atoms with van der Waals surface area (Å²) in [5, 5.41) is 15.9. The quantitative estimate of drug-likeness (QED) is 0.518. The van der Waals surface area contributed by atoms with Crippen LogP contribution in [0, 0.1) is 0 Å². The molecule has 7 nitrogen and oxygen atoms in total. The van der Waals surface area contributed by atoms with Gasteiger partial charge in [0.2, 0.25) is 0 Å². The normalized spacial score (nSPS) is 10.4. The van der Waals surface area contributed by atoms with Crippen LogP contribution in [-0.2, 0) is 13.0 Å². The van der Waals surface area contributed by atoms with Gasteiger partial charge in [-0.15, -0.1) is 0 Å². The molecule has 150 valence electrons. The Balaban J connectivity index is 1.58. The third kappa shape index (κ3) is 5.68. The van der Waals surface area contributed by atoms with E-state index in [2.05, 4.69) is 20.6 Å². The number of rotatable bonds is 9. The number of phenols is 1. The van der Waals surface area contributed by atoms with Crippen molar-refractivity contribution >= 4 is 11.7 Å². The summed E-state index contributed by atoms with van der Waals surface area (Å²) >= 11 is 0. The van der Waals surface area contributed by atoms with Crippen LogP contribution in [0.25, 0.3) is 0 Å². The summed E-state index contributed by atoms with van der Waals surface area (Å²) in [5.41, 5.74) is 2.51. The second-order valence-electron chi connectivity index (χ2n) is 6.35. The van der Waals surface area contributed by atoms with Crippen LogP contribution in [0.4, 0.5) is 5.82 Å². The predicted molar refractivity (Wildman–Crippen MR) is 111 cm³/mol. The molecule has 0 unspecified atom stereocenters. The lowest BCUT2D eigenvalue weighted by Gasteiger charge is -2.12. The monoisotopic (exact) mass is 392 g/mol. The summed E-state index contributed by atoms with van der Waals surface area (Å²) in [4.78, 5) is 20.9. The van der Waals surface area contributed by atoms with E-state index < -0.39 is 0 Å². The van der Waals surface area contributed by atoms with E-state index in [0.29, 0.717) is 43.2 Å². The minimum Gasteiger partial charge on any atom is -0.504 e. The number of carbonyl (C=O) groups excluding carboxylic acids is 1. The van der Waals surface area contributed by atoms with Crippen molar-refractivity contribution < 1.29 is 14.6 Å². The molecule has 0 atom stereocenters. The van der Waals surface area contributed by atoms with Gasteiger partial charge in [0.15, 0.2) is 11.5 Å². The first-order valence-electron chi connectivity index (χ1n) is 9.48. The van der Waals surface area contributed by atoms with E-state index in [1.165, 1.54) is 0 Å². The van der Waals surface area contributed by atoms with Crippen LogP contribution in [0.1, 0.15) is 28.4 Å². The van der Waals surface area contributed by atoms with Crippen molar-refractivity contribution in [2.24, 2.45) is 0 Å². The molecule has 0 aliphatic heterocycles. The highest BCUT2D eigenvalue weighted by atomic mass is 16.5. The van der Waals surface area contributed by atoms with E-state index in [-0.39, 0.29) is 11.7 Å². The first-order valence-corrected chi connectivity index (χ1v) is 9.48. The lowest BCUT2D eigenvalue weighted by atomic mass is 10.1. The zero-order valence-electron chi connectivity index (χ0n) is 16.3. The van der Waals surface area contributed by atoms with Crippen LogP contribution in [0.3, 0.4) is 0 Å². The van der Waals surface area contributed by atoms with Crippen LogP contribution in [0.15, 0.2) is 61.1 Å². The average Bonchev–Trinajstić information content (AvgIpc) is 2.75. The number of amides is 1. The smallest absolute Gasteiger partial charge is 0.255 e. The molecular formula is C22H24N4O3. The Bertz CT molecular complexity index is 948. The Morgan fingerprint density at radius 1 is 1.10 bits per heavy atom. The summed E-state index contributed by atoms with van der Waals surface area (Å²) in [5.74, 6) is 0.898. The van der Waals surface area contributed by atoms with E-state index in [0.717, 1.165) is 11.1 Å². The largest absolute Gasteiger partial charge is 0.504 e. The Morgan fingerprint density at radius 3 is 2.72 bits per heavy atom. The SMILES string of the molecule is CCOc1cc(CCNC(=O)c2cccnc2NCc2ccncc2)ccc1O. The van der Waals surface area contributed by atoms with Gasteiger partial charge in [-0.25, -0.2) is 4.98 Å². The summed E-state index contributed by atoms with van der Waals surface area (Å²) in [6.07, 6.45) is 5.72. The molecule has 0 fully saturated rings. The number of nitrogens with zero attached hydrogens (tertiary/aromatic N) is 2. The molecule has 29 heavy (non-hydrogen) atoms. The van der Waals surface area contributed by atoms with E-state index in [9.17, 15) is 9.90 Å². The van der Waals surface area contributed by atoms with Crippen molar-refractivity contribution in [2.75, 3.05) is 18.5 Å². The summed E-state index contributed by atoms with van der Waals surface area (Å²) < 4.78 is 5.40. The number of aromatic nitrogens is 2. The highest BCUT2D eigenvalue weighted by molar-refractivity contribution is 5.98. The lowest BCUT2D eigenvalue weighted by Crippen LogP contribution is -2.26. The molecule has 3 N–H and O–H groups in total. The lowest BCUT2D eigenvalue weighted by molar-refractivity contribution is 0.0954. The maximum absolute atomic E-state index is 12.6. The molecule has 1 aromatic carbocycles. The molecule has 0 bridgehead atoms. The number of nitrogens with one attached hydrogen (secondary N) is 2. The van der Waals surface area contributed by atoms with Gasteiger partial charge in [-0.05, 0) is 60.9 Å². The summed E-state index contributed by atoms with van der Waals surface area (Å²) in [7, 11) is 0. The number of phenolic OH excluding ortho intramolecular Hbond substituents is 1. The van der Waals surface area contributed by atoms with Gasteiger partial charge in [0.1, 0.15) is 5.82 Å². The molecule has 2 aromatic heterocycles. The van der Waals surface area contributed by atoms with Crippen LogP contribution < -0.4 is 15.4 Å². The molecule has 2 heterocycles. The van der Waals surface area contributed by atoms with Crippen molar-refractivity contribution in [3.8, 4) is 11.5 Å². The molecule has 3 rings (SSSR count). The molecule has 0 spiro atoms. The van der Waals surface area contributed by atoms with Gasteiger partial charge in [0.25, 0.3) is 5.91 Å². The van der Waals surface area contributed by atoms with Crippen LogP contribution in [0.5, 0.6) is 11.5 Å². The number of anilines is 1. The third-order valence-corrected chi connectivity index (χ3v) is 4.28. The first kappa shape index (κ1) is 20.1. The average molecular weight is 392 g/mol. The minimum absolute atomic E-state index is 0.111. The summed E-state index contributed by atoms with van der Waals surface area (Å²) in [6.45, 7) is 3.34. The molecule has 0 saturated carbocycles. The van der Waals surface area contributed by atoms with Crippen LogP contribution in [-0.4, -0.2) is 34.1 Å². The number of hydrogen-bond donors (Lipinski definition) is 3. The summed E-state index contributed by atoms with van der Waals surface area (Å²) in [6, 6.07) is 12.5. The number of carbonyl (C=O) groups is 1. The standard InChI is InChI=1S/C22H24N4O3/c1-2-29-20-14-16(5-6-19(20)27)9-13-25-22(28)18-4-3-10-24-21(18)26-15-17-7-11-23-12-8-17/h3-8,10-12,14,27H,2,9,13,15H2,1H3,(H,24,26)(H,25,28). The van der Waals surface area contributed by atoms with Gasteiger partial charge < -0.3 is 20.5 Å². The molecular weight excluding hydrogens is 368 g/mol. The zero-order chi connectivity index (χ0) is 20.5. The fraction of sp³-hybridized carbons (Fsp3) is 0.227. The van der Waals surface area contributed by atoms with Crippen molar-refractivity contribution in [1.29, 1.82) is 0 Å². The van der Waals surface area contributed by atoms with E-state index >= 15 is 0 Å². The number of hydrogen-bond acceptors (Lipinski definition) is 6. The van der Waals surface area contributed by atoms with E-state index in [1.54, 1.807) is 42.9 Å². The molecule has 7 heteroatoms. The fourth-order valence-corrected chi connectivity index (χ4v) is 2.82. The Morgan fingerprint density at radius 2 is 1.93 bits per heavy atom. The Kier molecular flexibility index (Phi) is 7.00. The van der Waals surface area contributed by atoms with Crippen molar-refractivity contribution in [3.63, 3.8) is 0 Å². The molecule has 0 aliphatic carbocycles. The Hall–Kier alpha value is -3.61. The highest BCUT2D eigenvalue weighted by Gasteiger charge is 2.12. The van der Waals surface area contributed by atoms with Crippen molar-refractivity contribution in [1.82, 2.24) is 15.3 Å². The van der Waals surface area contributed by atoms with E-state index in [4.69, 9.17) is 4.74 Å². The topological polar surface area (TPSA) is 96.4 Å². The van der Waals surface area contributed by atoms with Gasteiger partial charge in [0, 0.05) is 31.7 Å². The second kappa shape index (κ2) is 10.1. The number of benzene rings is 1. The molecule has 0 saturated heterocycles. The van der Waals surface area contributed by atoms with Gasteiger partial charge in [-0.2, -0.15) is 0 Å².